The van der Waals surface area contributed by atoms with E-state index in [1.807, 2.05) is 18.3 Å². The zero-order chi connectivity index (χ0) is 12.1. The number of carboxylic acids is 1. The lowest BCUT2D eigenvalue weighted by atomic mass is 10.1. The first-order chi connectivity index (χ1) is 8.27. The van der Waals surface area contributed by atoms with Crippen molar-refractivity contribution in [1.82, 2.24) is 10.3 Å². The van der Waals surface area contributed by atoms with Crippen LogP contribution in [0, 0.1) is 0 Å². The highest BCUT2D eigenvalue weighted by atomic mass is 16.4. The molecule has 1 aromatic heterocycles. The van der Waals surface area contributed by atoms with Crippen molar-refractivity contribution in [2.45, 2.75) is 19.4 Å². The van der Waals surface area contributed by atoms with Crippen molar-refractivity contribution in [2.75, 3.05) is 6.54 Å². The Balaban J connectivity index is 1.86. The number of hydrogen-bond donors (Lipinski definition) is 3. The molecular formula is C13H16N2O2. The number of aromatic nitrogens is 1. The maximum absolute atomic E-state index is 10.3. The number of rotatable bonds is 6. The van der Waals surface area contributed by atoms with Gasteiger partial charge in [-0.3, -0.25) is 4.79 Å². The summed E-state index contributed by atoms with van der Waals surface area (Å²) in [5.41, 5.74) is 2.37. The summed E-state index contributed by atoms with van der Waals surface area (Å²) in [6, 6.07) is 8.21. The molecule has 4 heteroatoms. The highest BCUT2D eigenvalue weighted by Gasteiger charge is 2.01. The minimum Gasteiger partial charge on any atom is -0.481 e. The van der Waals surface area contributed by atoms with E-state index in [0.29, 0.717) is 6.42 Å². The molecule has 2 aromatic rings. The molecule has 3 N–H and O–H groups in total. The fourth-order valence-electron chi connectivity index (χ4n) is 1.89. The molecule has 0 unspecified atom stereocenters. The summed E-state index contributed by atoms with van der Waals surface area (Å²) >= 11 is 0. The molecule has 1 aromatic carbocycles. The van der Waals surface area contributed by atoms with E-state index in [9.17, 15) is 4.79 Å². The summed E-state index contributed by atoms with van der Waals surface area (Å²) < 4.78 is 0. The second-order valence-electron chi connectivity index (χ2n) is 4.03. The third-order valence-corrected chi connectivity index (χ3v) is 2.74. The zero-order valence-electron chi connectivity index (χ0n) is 9.57. The second kappa shape index (κ2) is 5.50. The normalized spacial score (nSPS) is 10.8. The minimum absolute atomic E-state index is 0.224. The monoisotopic (exact) mass is 232 g/mol. The predicted molar refractivity (Wildman–Crippen MR) is 66.9 cm³/mol. The molecule has 0 aliphatic heterocycles. The molecule has 0 radical (unpaired) electrons. The van der Waals surface area contributed by atoms with Crippen molar-refractivity contribution >= 4 is 16.9 Å². The Morgan fingerprint density at radius 3 is 3.06 bits per heavy atom. The van der Waals surface area contributed by atoms with Gasteiger partial charge in [0.1, 0.15) is 0 Å². The highest BCUT2D eigenvalue weighted by molar-refractivity contribution is 5.82. The van der Waals surface area contributed by atoms with E-state index >= 15 is 0 Å². The Bertz CT molecular complexity index is 505. The van der Waals surface area contributed by atoms with Gasteiger partial charge < -0.3 is 15.4 Å². The maximum atomic E-state index is 10.3. The van der Waals surface area contributed by atoms with Gasteiger partial charge in [0.25, 0.3) is 0 Å². The van der Waals surface area contributed by atoms with Crippen LogP contribution in [0.25, 0.3) is 10.9 Å². The van der Waals surface area contributed by atoms with Gasteiger partial charge in [-0.2, -0.15) is 0 Å². The topological polar surface area (TPSA) is 65.1 Å². The first-order valence-corrected chi connectivity index (χ1v) is 5.75. The zero-order valence-corrected chi connectivity index (χ0v) is 9.57. The van der Waals surface area contributed by atoms with Crippen molar-refractivity contribution < 1.29 is 9.90 Å². The molecule has 0 bridgehead atoms. The third-order valence-electron chi connectivity index (χ3n) is 2.74. The molecule has 17 heavy (non-hydrogen) atoms. The maximum Gasteiger partial charge on any atom is 0.303 e. The number of carbonyl (C=O) groups is 1. The molecule has 0 amide bonds. The largest absolute Gasteiger partial charge is 0.481 e. The molecule has 2 rings (SSSR count). The lowest BCUT2D eigenvalue weighted by Gasteiger charge is -2.05. The van der Waals surface area contributed by atoms with E-state index in [4.69, 9.17) is 5.11 Å². The molecule has 4 nitrogen and oxygen atoms in total. The van der Waals surface area contributed by atoms with Crippen LogP contribution in [0.4, 0.5) is 0 Å². The number of nitrogens with one attached hydrogen (secondary N) is 2. The Hall–Kier alpha value is -1.81. The van der Waals surface area contributed by atoms with Gasteiger partial charge in [0, 0.05) is 30.1 Å². The van der Waals surface area contributed by atoms with E-state index < -0.39 is 5.97 Å². The molecule has 0 aliphatic rings. The van der Waals surface area contributed by atoms with Gasteiger partial charge in [0.05, 0.1) is 0 Å². The van der Waals surface area contributed by atoms with Crippen LogP contribution in [0.15, 0.2) is 30.5 Å². The summed E-state index contributed by atoms with van der Waals surface area (Å²) in [6.45, 7) is 1.50. The van der Waals surface area contributed by atoms with Gasteiger partial charge in [-0.25, -0.2) is 0 Å². The van der Waals surface area contributed by atoms with Crippen LogP contribution in [0.1, 0.15) is 18.4 Å². The van der Waals surface area contributed by atoms with Crippen molar-refractivity contribution in [3.63, 3.8) is 0 Å². The molecule has 0 saturated heterocycles. The SMILES string of the molecule is O=C(O)CCCNCc1cccc2[nH]ccc12. The lowest BCUT2D eigenvalue weighted by Crippen LogP contribution is -2.15. The van der Waals surface area contributed by atoms with Gasteiger partial charge in [-0.1, -0.05) is 12.1 Å². The van der Waals surface area contributed by atoms with Crippen LogP contribution >= 0.6 is 0 Å². The number of aliphatic carboxylic acids is 1. The van der Waals surface area contributed by atoms with E-state index in [2.05, 4.69) is 22.4 Å². The summed E-state index contributed by atoms with van der Waals surface area (Å²) in [4.78, 5) is 13.5. The van der Waals surface area contributed by atoms with Gasteiger partial charge in [-0.15, -0.1) is 0 Å². The van der Waals surface area contributed by atoms with E-state index in [-0.39, 0.29) is 6.42 Å². The molecule has 1 heterocycles. The summed E-state index contributed by atoms with van der Waals surface area (Å²) in [7, 11) is 0. The fraction of sp³-hybridized carbons (Fsp3) is 0.308. The summed E-state index contributed by atoms with van der Waals surface area (Å²) in [6.07, 6.45) is 2.82. The Kier molecular flexibility index (Phi) is 3.77. The average Bonchev–Trinajstić information content (AvgIpc) is 2.77. The predicted octanol–water partition coefficient (Wildman–Crippen LogP) is 2.12. The summed E-state index contributed by atoms with van der Waals surface area (Å²) in [5.74, 6) is -0.737. The van der Waals surface area contributed by atoms with Crippen LogP contribution in [0.3, 0.4) is 0 Å². The van der Waals surface area contributed by atoms with Crippen LogP contribution in [0.5, 0.6) is 0 Å². The summed E-state index contributed by atoms with van der Waals surface area (Å²) in [5, 5.41) is 13.0. The number of carboxylic acid groups (broad SMARTS) is 1. The first-order valence-electron chi connectivity index (χ1n) is 5.75. The van der Waals surface area contributed by atoms with Crippen molar-refractivity contribution in [2.24, 2.45) is 0 Å². The van der Waals surface area contributed by atoms with Gasteiger partial charge in [-0.05, 0) is 30.7 Å². The Morgan fingerprint density at radius 2 is 2.24 bits per heavy atom. The molecule has 0 aliphatic carbocycles. The average molecular weight is 232 g/mol. The minimum atomic E-state index is -0.737. The van der Waals surface area contributed by atoms with Gasteiger partial charge >= 0.3 is 5.97 Å². The number of fused-ring (bicyclic) bond motifs is 1. The molecule has 0 spiro atoms. The second-order valence-corrected chi connectivity index (χ2v) is 4.03. The standard InChI is InChI=1S/C13H16N2O2/c16-13(17)5-2-7-14-9-10-3-1-4-12-11(10)6-8-15-12/h1,3-4,6,8,14-15H,2,5,7,9H2,(H,16,17). The van der Waals surface area contributed by atoms with E-state index in [1.54, 1.807) is 0 Å². The molecule has 0 saturated carbocycles. The third kappa shape index (κ3) is 3.07. The van der Waals surface area contributed by atoms with Crippen LogP contribution < -0.4 is 5.32 Å². The molecular weight excluding hydrogens is 216 g/mol. The number of aromatic amines is 1. The number of benzene rings is 1. The van der Waals surface area contributed by atoms with Crippen LogP contribution in [-0.4, -0.2) is 22.6 Å². The molecule has 90 valence electrons. The smallest absolute Gasteiger partial charge is 0.303 e. The Morgan fingerprint density at radius 1 is 1.35 bits per heavy atom. The van der Waals surface area contributed by atoms with Crippen molar-refractivity contribution in [1.29, 1.82) is 0 Å². The van der Waals surface area contributed by atoms with E-state index in [0.717, 1.165) is 18.6 Å². The van der Waals surface area contributed by atoms with Crippen molar-refractivity contribution in [3.8, 4) is 0 Å². The number of H-pyrrole nitrogens is 1. The lowest BCUT2D eigenvalue weighted by molar-refractivity contribution is -0.137. The van der Waals surface area contributed by atoms with Crippen LogP contribution in [-0.2, 0) is 11.3 Å². The van der Waals surface area contributed by atoms with Crippen LogP contribution in [0.2, 0.25) is 0 Å². The fourth-order valence-corrected chi connectivity index (χ4v) is 1.89. The highest BCUT2D eigenvalue weighted by Crippen LogP contribution is 2.16. The quantitative estimate of drug-likeness (QED) is 0.668. The van der Waals surface area contributed by atoms with Gasteiger partial charge in [0.15, 0.2) is 0 Å². The van der Waals surface area contributed by atoms with E-state index in [1.165, 1.54) is 10.9 Å². The Labute approximate surface area is 99.7 Å². The van der Waals surface area contributed by atoms with Gasteiger partial charge in [0.2, 0.25) is 0 Å². The first kappa shape index (κ1) is 11.7. The molecule has 0 fully saturated rings. The van der Waals surface area contributed by atoms with Crippen molar-refractivity contribution in [3.05, 3.63) is 36.0 Å². The molecule has 0 atom stereocenters. The number of hydrogen-bond acceptors (Lipinski definition) is 2.